The van der Waals surface area contributed by atoms with Gasteiger partial charge in [0.05, 0.1) is 7.11 Å². The highest BCUT2D eigenvalue weighted by atomic mass is 16.5. The zero-order valence-corrected chi connectivity index (χ0v) is 12.8. The summed E-state index contributed by atoms with van der Waals surface area (Å²) in [6.45, 7) is 4.14. The van der Waals surface area contributed by atoms with Crippen molar-refractivity contribution in [3.8, 4) is 11.5 Å². The number of ether oxygens (including phenoxy) is 2. The van der Waals surface area contributed by atoms with E-state index in [2.05, 4.69) is 18.0 Å². The molecule has 1 saturated heterocycles. The highest BCUT2D eigenvalue weighted by Gasteiger charge is 2.20. The molecular weight excluding hydrogens is 252 g/mol. The zero-order chi connectivity index (χ0) is 14.5. The smallest absolute Gasteiger partial charge is 0.161 e. The van der Waals surface area contributed by atoms with Crippen molar-refractivity contribution in [2.45, 2.75) is 38.3 Å². The van der Waals surface area contributed by atoms with E-state index in [0.717, 1.165) is 37.4 Å². The number of benzene rings is 1. The molecule has 2 N–H and O–H groups in total. The molecule has 1 aliphatic rings. The molecule has 4 heteroatoms. The first-order valence-electron chi connectivity index (χ1n) is 7.36. The van der Waals surface area contributed by atoms with Crippen LogP contribution in [0.25, 0.3) is 0 Å². The topological polar surface area (TPSA) is 47.7 Å². The summed E-state index contributed by atoms with van der Waals surface area (Å²) in [6, 6.07) is 6.27. The quantitative estimate of drug-likeness (QED) is 0.895. The summed E-state index contributed by atoms with van der Waals surface area (Å²) in [7, 11) is 3.82. The van der Waals surface area contributed by atoms with Gasteiger partial charge in [0.25, 0.3) is 0 Å². The minimum absolute atomic E-state index is 0.151. The summed E-state index contributed by atoms with van der Waals surface area (Å²) in [6.07, 6.45) is 3.39. The standard InChI is InChI=1S/C16H26N2O2/c1-12(17)9-13-6-7-15(16(10-13)19-3)20-14-5-4-8-18(2)11-14/h6-7,10,12,14H,4-5,8-9,11,17H2,1-3H3. The van der Waals surface area contributed by atoms with Crippen LogP contribution in [0.5, 0.6) is 11.5 Å². The molecule has 112 valence electrons. The molecule has 0 aromatic heterocycles. The van der Waals surface area contributed by atoms with Crippen molar-refractivity contribution in [1.82, 2.24) is 4.90 Å². The van der Waals surface area contributed by atoms with Gasteiger partial charge in [0, 0.05) is 12.6 Å². The van der Waals surface area contributed by atoms with E-state index in [9.17, 15) is 0 Å². The molecular formula is C16H26N2O2. The second-order valence-electron chi connectivity index (χ2n) is 5.81. The molecule has 0 bridgehead atoms. The van der Waals surface area contributed by atoms with Gasteiger partial charge in [0.1, 0.15) is 6.10 Å². The van der Waals surface area contributed by atoms with Crippen molar-refractivity contribution >= 4 is 0 Å². The number of hydrogen-bond acceptors (Lipinski definition) is 4. The molecule has 2 rings (SSSR count). The Morgan fingerprint density at radius 1 is 1.40 bits per heavy atom. The lowest BCUT2D eigenvalue weighted by atomic mass is 10.1. The van der Waals surface area contributed by atoms with Gasteiger partial charge < -0.3 is 20.1 Å². The summed E-state index contributed by atoms with van der Waals surface area (Å²) < 4.78 is 11.6. The molecule has 0 aliphatic carbocycles. The van der Waals surface area contributed by atoms with Crippen LogP contribution in [-0.4, -0.2) is 44.3 Å². The Labute approximate surface area is 121 Å². The fourth-order valence-electron chi connectivity index (χ4n) is 2.70. The first-order valence-corrected chi connectivity index (χ1v) is 7.36. The third-order valence-corrected chi connectivity index (χ3v) is 3.66. The van der Waals surface area contributed by atoms with E-state index in [1.54, 1.807) is 7.11 Å². The maximum Gasteiger partial charge on any atom is 0.161 e. The molecule has 1 aromatic rings. The highest BCUT2D eigenvalue weighted by Crippen LogP contribution is 2.30. The molecule has 1 aromatic carbocycles. The largest absolute Gasteiger partial charge is 0.493 e. The maximum absolute atomic E-state index is 6.11. The fourth-order valence-corrected chi connectivity index (χ4v) is 2.70. The van der Waals surface area contributed by atoms with Gasteiger partial charge in [0.15, 0.2) is 11.5 Å². The number of likely N-dealkylation sites (N-methyl/N-ethyl adjacent to an activating group) is 1. The van der Waals surface area contributed by atoms with Crippen LogP contribution in [-0.2, 0) is 6.42 Å². The molecule has 0 radical (unpaired) electrons. The Balaban J connectivity index is 2.06. The normalized spacial score (nSPS) is 21.5. The van der Waals surface area contributed by atoms with Gasteiger partial charge in [-0.2, -0.15) is 0 Å². The lowest BCUT2D eigenvalue weighted by Crippen LogP contribution is -2.38. The summed E-state index contributed by atoms with van der Waals surface area (Å²) in [5.41, 5.74) is 7.03. The molecule has 1 aliphatic heterocycles. The number of likely N-dealkylation sites (tertiary alicyclic amines) is 1. The Morgan fingerprint density at radius 2 is 2.20 bits per heavy atom. The van der Waals surface area contributed by atoms with Crippen LogP contribution < -0.4 is 15.2 Å². The Bertz CT molecular complexity index is 434. The predicted molar refractivity (Wildman–Crippen MR) is 81.5 cm³/mol. The SMILES string of the molecule is COc1cc(CC(C)N)ccc1OC1CCCN(C)C1. The van der Waals surface area contributed by atoms with Crippen molar-refractivity contribution in [3.05, 3.63) is 23.8 Å². The second kappa shape index (κ2) is 6.95. The molecule has 2 unspecified atom stereocenters. The second-order valence-corrected chi connectivity index (χ2v) is 5.81. The average molecular weight is 278 g/mol. The molecule has 20 heavy (non-hydrogen) atoms. The molecule has 0 saturated carbocycles. The summed E-state index contributed by atoms with van der Waals surface area (Å²) in [4.78, 5) is 2.31. The monoisotopic (exact) mass is 278 g/mol. The summed E-state index contributed by atoms with van der Waals surface area (Å²) in [5, 5.41) is 0. The number of rotatable bonds is 5. The fraction of sp³-hybridized carbons (Fsp3) is 0.625. The summed E-state index contributed by atoms with van der Waals surface area (Å²) in [5.74, 6) is 1.64. The van der Waals surface area contributed by atoms with Crippen LogP contribution in [0.15, 0.2) is 18.2 Å². The van der Waals surface area contributed by atoms with Crippen LogP contribution >= 0.6 is 0 Å². The number of nitrogens with two attached hydrogens (primary N) is 1. The minimum Gasteiger partial charge on any atom is -0.493 e. The van der Waals surface area contributed by atoms with Gasteiger partial charge in [-0.25, -0.2) is 0 Å². The Hall–Kier alpha value is -1.26. The highest BCUT2D eigenvalue weighted by molar-refractivity contribution is 5.43. The first kappa shape index (κ1) is 15.1. The molecule has 1 heterocycles. The van der Waals surface area contributed by atoms with E-state index in [0.29, 0.717) is 0 Å². The first-order chi connectivity index (χ1) is 9.58. The van der Waals surface area contributed by atoms with Gasteiger partial charge >= 0.3 is 0 Å². The van der Waals surface area contributed by atoms with E-state index in [4.69, 9.17) is 15.2 Å². The summed E-state index contributed by atoms with van der Waals surface area (Å²) >= 11 is 0. The predicted octanol–water partition coefficient (Wildman–Crippen LogP) is 2.06. The van der Waals surface area contributed by atoms with Gasteiger partial charge in [-0.05, 0) is 57.5 Å². The van der Waals surface area contributed by atoms with E-state index < -0.39 is 0 Å². The van der Waals surface area contributed by atoms with Crippen LogP contribution in [0.4, 0.5) is 0 Å². The molecule has 4 nitrogen and oxygen atoms in total. The van der Waals surface area contributed by atoms with Gasteiger partial charge in [-0.3, -0.25) is 0 Å². The molecule has 0 spiro atoms. The maximum atomic E-state index is 6.11. The lowest BCUT2D eigenvalue weighted by molar-refractivity contribution is 0.101. The van der Waals surface area contributed by atoms with E-state index in [-0.39, 0.29) is 12.1 Å². The van der Waals surface area contributed by atoms with Crippen LogP contribution in [0, 0.1) is 0 Å². The van der Waals surface area contributed by atoms with Gasteiger partial charge in [-0.15, -0.1) is 0 Å². The van der Waals surface area contributed by atoms with Crippen molar-refractivity contribution in [1.29, 1.82) is 0 Å². The van der Waals surface area contributed by atoms with Crippen molar-refractivity contribution in [2.75, 3.05) is 27.2 Å². The van der Waals surface area contributed by atoms with Crippen LogP contribution in [0.2, 0.25) is 0 Å². The van der Waals surface area contributed by atoms with E-state index in [1.165, 1.54) is 12.0 Å². The number of hydrogen-bond donors (Lipinski definition) is 1. The molecule has 0 amide bonds. The molecule has 2 atom stereocenters. The average Bonchev–Trinajstić information content (AvgIpc) is 2.40. The van der Waals surface area contributed by atoms with Crippen molar-refractivity contribution < 1.29 is 9.47 Å². The number of nitrogens with zero attached hydrogens (tertiary/aromatic N) is 1. The van der Waals surface area contributed by atoms with Gasteiger partial charge in [0.2, 0.25) is 0 Å². The van der Waals surface area contributed by atoms with Crippen molar-refractivity contribution in [3.63, 3.8) is 0 Å². The van der Waals surface area contributed by atoms with E-state index >= 15 is 0 Å². The third kappa shape index (κ3) is 4.12. The van der Waals surface area contributed by atoms with Crippen LogP contribution in [0.3, 0.4) is 0 Å². The Kier molecular flexibility index (Phi) is 5.26. The molecule has 1 fully saturated rings. The third-order valence-electron chi connectivity index (χ3n) is 3.66. The minimum atomic E-state index is 0.151. The van der Waals surface area contributed by atoms with E-state index in [1.807, 2.05) is 19.1 Å². The number of piperidine rings is 1. The van der Waals surface area contributed by atoms with Crippen LogP contribution in [0.1, 0.15) is 25.3 Å². The lowest BCUT2D eigenvalue weighted by Gasteiger charge is -2.30. The van der Waals surface area contributed by atoms with Crippen molar-refractivity contribution in [2.24, 2.45) is 5.73 Å². The number of methoxy groups -OCH3 is 1. The zero-order valence-electron chi connectivity index (χ0n) is 12.8. The van der Waals surface area contributed by atoms with Gasteiger partial charge in [-0.1, -0.05) is 6.07 Å². The Morgan fingerprint density at radius 3 is 2.85 bits per heavy atom.